The van der Waals surface area contributed by atoms with Crippen molar-refractivity contribution in [2.45, 2.75) is 19.8 Å². The average Bonchev–Trinajstić information content (AvgIpc) is 2.91. The maximum atomic E-state index is 12.3. The predicted molar refractivity (Wildman–Crippen MR) is 95.8 cm³/mol. The number of aromatic nitrogens is 1. The highest BCUT2D eigenvalue weighted by Gasteiger charge is 2.26. The fourth-order valence-electron chi connectivity index (χ4n) is 3.02. The van der Waals surface area contributed by atoms with Crippen molar-refractivity contribution in [3.05, 3.63) is 28.8 Å². The van der Waals surface area contributed by atoms with Gasteiger partial charge in [0.1, 0.15) is 0 Å². The molecule has 130 valence electrons. The number of fused-ring (bicyclic) bond motifs is 1. The van der Waals surface area contributed by atoms with Gasteiger partial charge in [-0.1, -0.05) is 0 Å². The first kappa shape index (κ1) is 17.3. The third-order valence-electron chi connectivity index (χ3n) is 4.26. The number of carbonyl (C=O) groups is 1. The number of benzene rings is 1. The van der Waals surface area contributed by atoms with Gasteiger partial charge in [-0.25, -0.2) is 17.7 Å². The van der Waals surface area contributed by atoms with Crippen LogP contribution in [0.25, 0.3) is 10.2 Å². The van der Waals surface area contributed by atoms with Gasteiger partial charge in [0.15, 0.2) is 0 Å². The topological polar surface area (TPSA) is 79.4 Å². The molecule has 0 aliphatic carbocycles. The van der Waals surface area contributed by atoms with Crippen molar-refractivity contribution < 1.29 is 13.2 Å². The van der Waals surface area contributed by atoms with E-state index in [2.05, 4.69) is 10.3 Å². The Labute approximate surface area is 145 Å². The molecule has 0 bridgehead atoms. The Morgan fingerprint density at radius 1 is 1.46 bits per heavy atom. The van der Waals surface area contributed by atoms with Crippen LogP contribution in [0.5, 0.6) is 0 Å². The van der Waals surface area contributed by atoms with Crippen molar-refractivity contribution in [1.29, 1.82) is 0 Å². The molecular formula is C16H21N3O3S2. The van der Waals surface area contributed by atoms with E-state index in [0.717, 1.165) is 28.1 Å². The van der Waals surface area contributed by atoms with E-state index in [9.17, 15) is 13.2 Å². The van der Waals surface area contributed by atoms with Gasteiger partial charge in [-0.2, -0.15) is 0 Å². The molecule has 0 spiro atoms. The minimum atomic E-state index is -3.16. The Hall–Kier alpha value is -1.51. The highest BCUT2D eigenvalue weighted by molar-refractivity contribution is 7.88. The molecule has 1 aromatic heterocycles. The quantitative estimate of drug-likeness (QED) is 0.896. The largest absolute Gasteiger partial charge is 0.352 e. The average molecular weight is 367 g/mol. The highest BCUT2D eigenvalue weighted by Crippen LogP contribution is 2.22. The molecule has 6 nitrogen and oxygen atoms in total. The van der Waals surface area contributed by atoms with Gasteiger partial charge in [0.2, 0.25) is 10.0 Å². The third kappa shape index (κ3) is 3.93. The lowest BCUT2D eigenvalue weighted by molar-refractivity contribution is 0.0941. The van der Waals surface area contributed by atoms with Gasteiger partial charge in [-0.05, 0) is 43.9 Å². The second-order valence-electron chi connectivity index (χ2n) is 6.25. The first-order chi connectivity index (χ1) is 11.3. The number of sulfonamides is 1. The Balaban J connectivity index is 1.62. The van der Waals surface area contributed by atoms with Crippen LogP contribution in [0.1, 0.15) is 28.2 Å². The lowest BCUT2D eigenvalue weighted by atomic mass is 9.99. The van der Waals surface area contributed by atoms with E-state index >= 15 is 0 Å². The molecular weight excluding hydrogens is 346 g/mol. The minimum absolute atomic E-state index is 0.140. The van der Waals surface area contributed by atoms with Crippen molar-refractivity contribution in [3.8, 4) is 0 Å². The summed E-state index contributed by atoms with van der Waals surface area (Å²) < 4.78 is 25.9. The van der Waals surface area contributed by atoms with Crippen molar-refractivity contribution in [1.82, 2.24) is 14.6 Å². The summed E-state index contributed by atoms with van der Waals surface area (Å²) in [4.78, 5) is 16.8. The Kier molecular flexibility index (Phi) is 4.89. The van der Waals surface area contributed by atoms with Gasteiger partial charge in [0.05, 0.1) is 21.5 Å². The zero-order valence-electron chi connectivity index (χ0n) is 13.8. The fraction of sp³-hybridized carbons (Fsp3) is 0.500. The van der Waals surface area contributed by atoms with Gasteiger partial charge in [-0.3, -0.25) is 4.79 Å². The summed E-state index contributed by atoms with van der Waals surface area (Å²) in [5, 5.41) is 3.90. The molecule has 1 amide bonds. The number of aryl methyl sites for hydroxylation is 1. The van der Waals surface area contributed by atoms with Crippen molar-refractivity contribution in [3.63, 3.8) is 0 Å². The van der Waals surface area contributed by atoms with Gasteiger partial charge < -0.3 is 5.32 Å². The molecule has 2 aromatic rings. The molecule has 0 unspecified atom stereocenters. The smallest absolute Gasteiger partial charge is 0.251 e. The van der Waals surface area contributed by atoms with E-state index in [1.54, 1.807) is 23.5 Å². The molecule has 0 saturated carbocycles. The molecule has 1 aromatic carbocycles. The number of nitrogens with zero attached hydrogens (tertiary/aromatic N) is 2. The van der Waals surface area contributed by atoms with Gasteiger partial charge in [0, 0.05) is 25.2 Å². The molecule has 24 heavy (non-hydrogen) atoms. The van der Waals surface area contributed by atoms with Crippen LogP contribution in [-0.4, -0.2) is 49.5 Å². The number of rotatable bonds is 4. The van der Waals surface area contributed by atoms with E-state index in [4.69, 9.17) is 0 Å². The SMILES string of the molecule is Cc1nc2cc(C(=O)NC[C@H]3CCCN(S(C)(=O)=O)C3)ccc2s1. The number of carbonyl (C=O) groups excluding carboxylic acids is 1. The number of piperidine rings is 1. The summed E-state index contributed by atoms with van der Waals surface area (Å²) in [6, 6.07) is 5.53. The van der Waals surface area contributed by atoms with Crippen molar-refractivity contribution in [2.24, 2.45) is 5.92 Å². The third-order valence-corrected chi connectivity index (χ3v) is 6.48. The summed E-state index contributed by atoms with van der Waals surface area (Å²) >= 11 is 1.61. The number of hydrogen-bond donors (Lipinski definition) is 1. The van der Waals surface area contributed by atoms with E-state index in [1.165, 1.54) is 10.6 Å². The van der Waals surface area contributed by atoms with Crippen LogP contribution in [0, 0.1) is 12.8 Å². The summed E-state index contributed by atoms with van der Waals surface area (Å²) in [7, 11) is -3.16. The first-order valence-electron chi connectivity index (χ1n) is 7.93. The summed E-state index contributed by atoms with van der Waals surface area (Å²) in [5.74, 6) is 0.0155. The van der Waals surface area contributed by atoms with E-state index < -0.39 is 10.0 Å². The first-order valence-corrected chi connectivity index (χ1v) is 10.6. The number of amides is 1. The molecule has 1 saturated heterocycles. The molecule has 1 aliphatic rings. The number of thiazole rings is 1. The number of hydrogen-bond acceptors (Lipinski definition) is 5. The van der Waals surface area contributed by atoms with Crippen LogP contribution < -0.4 is 5.32 Å². The second kappa shape index (κ2) is 6.78. The minimum Gasteiger partial charge on any atom is -0.352 e. The molecule has 1 N–H and O–H groups in total. The fourth-order valence-corrected chi connectivity index (χ4v) is 4.77. The molecule has 1 aliphatic heterocycles. The summed E-state index contributed by atoms with van der Waals surface area (Å²) in [6.07, 6.45) is 2.99. The van der Waals surface area contributed by atoms with E-state index in [0.29, 0.717) is 25.2 Å². The monoisotopic (exact) mass is 367 g/mol. The van der Waals surface area contributed by atoms with E-state index in [-0.39, 0.29) is 11.8 Å². The normalized spacial score (nSPS) is 19.5. The van der Waals surface area contributed by atoms with Gasteiger partial charge in [-0.15, -0.1) is 11.3 Å². The Morgan fingerprint density at radius 2 is 2.25 bits per heavy atom. The maximum absolute atomic E-state index is 12.3. The Morgan fingerprint density at radius 3 is 3.00 bits per heavy atom. The van der Waals surface area contributed by atoms with Crippen LogP contribution >= 0.6 is 11.3 Å². The molecule has 8 heteroatoms. The zero-order chi connectivity index (χ0) is 17.3. The molecule has 3 rings (SSSR count). The van der Waals surface area contributed by atoms with Gasteiger partial charge in [0.25, 0.3) is 5.91 Å². The van der Waals surface area contributed by atoms with Crippen molar-refractivity contribution >= 4 is 37.5 Å². The molecule has 2 heterocycles. The second-order valence-corrected chi connectivity index (χ2v) is 9.47. The predicted octanol–water partition coefficient (Wildman–Crippen LogP) is 2.01. The lowest BCUT2D eigenvalue weighted by Gasteiger charge is -2.30. The van der Waals surface area contributed by atoms with Crippen LogP contribution in [0.15, 0.2) is 18.2 Å². The maximum Gasteiger partial charge on any atom is 0.251 e. The Bertz CT molecular complexity index is 861. The van der Waals surface area contributed by atoms with Crippen molar-refractivity contribution in [2.75, 3.05) is 25.9 Å². The van der Waals surface area contributed by atoms with E-state index in [1.807, 2.05) is 13.0 Å². The standard InChI is InChI=1S/C16H21N3O3S2/c1-11-18-14-8-13(5-6-15(14)23-11)16(20)17-9-12-4-3-7-19(10-12)24(2,21)22/h5-6,8,12H,3-4,7,9-10H2,1-2H3,(H,17,20)/t12-/m1/s1. The molecule has 0 radical (unpaired) electrons. The van der Waals surface area contributed by atoms with Gasteiger partial charge >= 0.3 is 0 Å². The van der Waals surface area contributed by atoms with Crippen LogP contribution in [0.3, 0.4) is 0 Å². The summed E-state index contributed by atoms with van der Waals surface area (Å²) in [6.45, 7) is 3.48. The number of nitrogens with one attached hydrogen (secondary N) is 1. The van der Waals surface area contributed by atoms with Crippen LogP contribution in [0.4, 0.5) is 0 Å². The van der Waals surface area contributed by atoms with Crippen LogP contribution in [0.2, 0.25) is 0 Å². The van der Waals surface area contributed by atoms with Crippen LogP contribution in [-0.2, 0) is 10.0 Å². The lowest BCUT2D eigenvalue weighted by Crippen LogP contribution is -2.43. The summed E-state index contributed by atoms with van der Waals surface area (Å²) in [5.41, 5.74) is 1.43. The molecule has 1 fully saturated rings. The zero-order valence-corrected chi connectivity index (χ0v) is 15.4. The highest BCUT2D eigenvalue weighted by atomic mass is 32.2. The molecule has 1 atom stereocenters.